The van der Waals surface area contributed by atoms with Crippen LogP contribution in [-0.4, -0.2) is 64.1 Å². The summed E-state index contributed by atoms with van der Waals surface area (Å²) in [6, 6.07) is 1.78. The molecular weight excluding hydrogens is 364 g/mol. The molecule has 0 aliphatic carbocycles. The molecule has 0 N–H and O–H groups in total. The fourth-order valence-corrected chi connectivity index (χ4v) is 6.13. The molecule has 0 atom stereocenters. The largest absolute Gasteiger partial charge is 0.383 e. The molecule has 0 bridgehead atoms. The number of thiophene rings is 1. The molecule has 2 rings (SSSR count). The van der Waals surface area contributed by atoms with Crippen LogP contribution in [-0.2, 0) is 14.8 Å². The molecule has 1 aromatic rings. The van der Waals surface area contributed by atoms with Crippen molar-refractivity contribution in [2.75, 3.05) is 46.4 Å². The molecule has 5 nitrogen and oxygen atoms in total. The Morgan fingerprint density at radius 2 is 2.15 bits per heavy atom. The SMILES string of the molecule is COCCN1CCCN(S(=O)(=O)c2sccc2Br)CC1. The molecule has 8 heteroatoms. The van der Waals surface area contributed by atoms with Gasteiger partial charge in [0.1, 0.15) is 4.21 Å². The molecule has 1 aliphatic heterocycles. The van der Waals surface area contributed by atoms with E-state index in [1.807, 2.05) is 0 Å². The molecule has 2 heterocycles. The maximum absolute atomic E-state index is 12.6. The lowest BCUT2D eigenvalue weighted by atomic mass is 10.4. The number of sulfonamides is 1. The third-order valence-corrected chi connectivity index (χ3v) is 7.86. The zero-order chi connectivity index (χ0) is 14.6. The summed E-state index contributed by atoms with van der Waals surface area (Å²) in [6.07, 6.45) is 0.853. The summed E-state index contributed by atoms with van der Waals surface area (Å²) < 4.78 is 32.9. The first-order valence-electron chi connectivity index (χ1n) is 6.50. The second-order valence-corrected chi connectivity index (χ2v) is 8.55. The fourth-order valence-electron chi connectivity index (χ4n) is 2.21. The van der Waals surface area contributed by atoms with Gasteiger partial charge in [-0.15, -0.1) is 11.3 Å². The summed E-state index contributed by atoms with van der Waals surface area (Å²) in [5, 5.41) is 1.79. The third-order valence-electron chi connectivity index (χ3n) is 3.32. The molecule has 0 spiro atoms. The number of halogens is 1. The molecule has 0 radical (unpaired) electrons. The van der Waals surface area contributed by atoms with Gasteiger partial charge in [-0.2, -0.15) is 4.31 Å². The number of methoxy groups -OCH3 is 1. The van der Waals surface area contributed by atoms with Crippen LogP contribution in [0.15, 0.2) is 20.1 Å². The lowest BCUT2D eigenvalue weighted by Gasteiger charge is -2.21. The maximum Gasteiger partial charge on any atom is 0.253 e. The van der Waals surface area contributed by atoms with Crippen LogP contribution in [0.3, 0.4) is 0 Å². The van der Waals surface area contributed by atoms with Gasteiger partial charge in [-0.3, -0.25) is 4.90 Å². The van der Waals surface area contributed by atoms with Crippen LogP contribution in [0.5, 0.6) is 0 Å². The number of rotatable bonds is 5. The van der Waals surface area contributed by atoms with Crippen molar-refractivity contribution in [3.05, 3.63) is 15.9 Å². The Morgan fingerprint density at radius 1 is 1.35 bits per heavy atom. The van der Waals surface area contributed by atoms with Crippen molar-refractivity contribution in [1.29, 1.82) is 0 Å². The predicted molar refractivity (Wildman–Crippen MR) is 83.7 cm³/mol. The van der Waals surface area contributed by atoms with E-state index in [0.29, 0.717) is 28.4 Å². The minimum absolute atomic E-state index is 0.405. The second-order valence-electron chi connectivity index (χ2n) is 4.65. The first-order chi connectivity index (χ1) is 9.55. The van der Waals surface area contributed by atoms with Crippen molar-refractivity contribution in [1.82, 2.24) is 9.21 Å². The Balaban J connectivity index is 2.05. The Kier molecular flexibility index (Phi) is 6.00. The van der Waals surface area contributed by atoms with Gasteiger partial charge < -0.3 is 4.74 Å². The molecule has 1 aliphatic rings. The molecule has 0 aromatic carbocycles. The van der Waals surface area contributed by atoms with Gasteiger partial charge in [0.25, 0.3) is 10.0 Å². The normalized spacial score (nSPS) is 19.1. The highest BCUT2D eigenvalue weighted by atomic mass is 79.9. The standard InChI is InChI=1S/C12H19BrN2O3S2/c1-18-9-8-14-4-2-5-15(7-6-14)20(16,17)12-11(13)3-10-19-12/h3,10H,2,4-9H2,1H3. The van der Waals surface area contributed by atoms with Crippen LogP contribution >= 0.6 is 27.3 Å². The topological polar surface area (TPSA) is 49.9 Å². The van der Waals surface area contributed by atoms with E-state index < -0.39 is 10.0 Å². The predicted octanol–water partition coefficient (Wildman–Crippen LogP) is 1.85. The Morgan fingerprint density at radius 3 is 2.80 bits per heavy atom. The Labute approximate surface area is 132 Å². The van der Waals surface area contributed by atoms with Crippen LogP contribution in [0.25, 0.3) is 0 Å². The van der Waals surface area contributed by atoms with E-state index in [-0.39, 0.29) is 0 Å². The maximum atomic E-state index is 12.6. The number of nitrogens with zero attached hydrogens (tertiary/aromatic N) is 2. The van der Waals surface area contributed by atoms with E-state index in [4.69, 9.17) is 4.74 Å². The van der Waals surface area contributed by atoms with E-state index in [9.17, 15) is 8.42 Å². The van der Waals surface area contributed by atoms with Gasteiger partial charge in [0.2, 0.25) is 0 Å². The highest BCUT2D eigenvalue weighted by Gasteiger charge is 2.29. The van der Waals surface area contributed by atoms with Gasteiger partial charge in [0.05, 0.1) is 6.61 Å². The van der Waals surface area contributed by atoms with Gasteiger partial charge in [-0.05, 0) is 40.3 Å². The van der Waals surface area contributed by atoms with Crippen LogP contribution in [0.4, 0.5) is 0 Å². The summed E-state index contributed by atoms with van der Waals surface area (Å²) in [6.45, 7) is 4.33. The first-order valence-corrected chi connectivity index (χ1v) is 9.61. The molecule has 0 saturated carbocycles. The van der Waals surface area contributed by atoms with Gasteiger partial charge >= 0.3 is 0 Å². The molecule has 0 unspecified atom stereocenters. The zero-order valence-corrected chi connectivity index (χ0v) is 14.6. The average molecular weight is 383 g/mol. The Hall–Kier alpha value is 0.01000. The van der Waals surface area contributed by atoms with E-state index >= 15 is 0 Å². The van der Waals surface area contributed by atoms with Crippen molar-refractivity contribution in [3.63, 3.8) is 0 Å². The van der Waals surface area contributed by atoms with Crippen molar-refractivity contribution in [3.8, 4) is 0 Å². The lowest BCUT2D eigenvalue weighted by Crippen LogP contribution is -2.35. The quantitative estimate of drug-likeness (QED) is 0.779. The average Bonchev–Trinajstić information content (AvgIpc) is 2.72. The van der Waals surface area contributed by atoms with Crippen molar-refractivity contribution >= 4 is 37.3 Å². The van der Waals surface area contributed by atoms with Gasteiger partial charge in [-0.1, -0.05) is 0 Å². The summed E-state index contributed by atoms with van der Waals surface area (Å²) in [7, 11) is -1.69. The van der Waals surface area contributed by atoms with E-state index in [2.05, 4.69) is 20.8 Å². The van der Waals surface area contributed by atoms with Crippen molar-refractivity contribution in [2.24, 2.45) is 0 Å². The highest BCUT2D eigenvalue weighted by Crippen LogP contribution is 2.30. The van der Waals surface area contributed by atoms with Crippen LogP contribution in [0.1, 0.15) is 6.42 Å². The molecule has 20 heavy (non-hydrogen) atoms. The fraction of sp³-hybridized carbons (Fsp3) is 0.667. The highest BCUT2D eigenvalue weighted by molar-refractivity contribution is 9.10. The summed E-state index contributed by atoms with van der Waals surface area (Å²) in [5.74, 6) is 0. The summed E-state index contributed by atoms with van der Waals surface area (Å²) in [4.78, 5) is 2.25. The first kappa shape index (κ1) is 16.4. The minimum Gasteiger partial charge on any atom is -0.383 e. The van der Waals surface area contributed by atoms with E-state index in [0.717, 1.165) is 26.1 Å². The summed E-state index contributed by atoms with van der Waals surface area (Å²) in [5.41, 5.74) is 0. The number of hydrogen-bond donors (Lipinski definition) is 0. The van der Waals surface area contributed by atoms with Gasteiger partial charge in [-0.25, -0.2) is 8.42 Å². The molecule has 1 fully saturated rings. The molecular formula is C12H19BrN2O3S2. The Bertz CT molecular complexity index is 533. The third kappa shape index (κ3) is 3.80. The molecule has 1 saturated heterocycles. The van der Waals surface area contributed by atoms with Crippen LogP contribution in [0.2, 0.25) is 0 Å². The molecule has 0 amide bonds. The van der Waals surface area contributed by atoms with Crippen LogP contribution < -0.4 is 0 Å². The van der Waals surface area contributed by atoms with E-state index in [1.54, 1.807) is 22.9 Å². The van der Waals surface area contributed by atoms with Gasteiger partial charge in [0, 0.05) is 37.8 Å². The van der Waals surface area contributed by atoms with Crippen LogP contribution in [0, 0.1) is 0 Å². The molecule has 114 valence electrons. The monoisotopic (exact) mass is 382 g/mol. The number of ether oxygens (including phenoxy) is 1. The minimum atomic E-state index is -3.37. The number of hydrogen-bond acceptors (Lipinski definition) is 5. The zero-order valence-electron chi connectivity index (χ0n) is 11.4. The molecule has 1 aromatic heterocycles. The van der Waals surface area contributed by atoms with Crippen molar-refractivity contribution in [2.45, 2.75) is 10.6 Å². The van der Waals surface area contributed by atoms with E-state index in [1.165, 1.54) is 11.3 Å². The van der Waals surface area contributed by atoms with Crippen molar-refractivity contribution < 1.29 is 13.2 Å². The second kappa shape index (κ2) is 7.33. The summed E-state index contributed by atoms with van der Waals surface area (Å²) >= 11 is 4.57. The smallest absolute Gasteiger partial charge is 0.253 e. The lowest BCUT2D eigenvalue weighted by molar-refractivity contribution is 0.151. The van der Waals surface area contributed by atoms with Gasteiger partial charge in [0.15, 0.2) is 0 Å².